The molecule has 0 fully saturated rings. The number of hydrogen-bond acceptors (Lipinski definition) is 2. The Labute approximate surface area is 71.2 Å². The molecule has 1 aromatic heterocycles. The molecule has 0 radical (unpaired) electrons. The van der Waals surface area contributed by atoms with Crippen LogP contribution < -0.4 is 5.73 Å². The van der Waals surface area contributed by atoms with E-state index in [0.717, 1.165) is 5.56 Å². The summed E-state index contributed by atoms with van der Waals surface area (Å²) in [5.74, 6) is 0. The highest BCUT2D eigenvalue weighted by Crippen LogP contribution is 2.05. The molecular formula is C7H11N3S. The van der Waals surface area contributed by atoms with E-state index in [1.165, 1.54) is 0 Å². The number of aromatic nitrogens is 2. The molecule has 1 heterocycles. The third-order valence-electron chi connectivity index (χ3n) is 1.54. The fraction of sp³-hybridized carbons (Fsp3) is 0.429. The first-order valence-corrected chi connectivity index (χ1v) is 3.82. The van der Waals surface area contributed by atoms with Crippen LogP contribution in [0.5, 0.6) is 0 Å². The van der Waals surface area contributed by atoms with Gasteiger partial charge in [0.2, 0.25) is 0 Å². The molecular weight excluding hydrogens is 158 g/mol. The maximum atomic E-state index is 5.45. The summed E-state index contributed by atoms with van der Waals surface area (Å²) < 4.78 is 1.76. The van der Waals surface area contributed by atoms with E-state index in [-0.39, 0.29) is 6.04 Å². The van der Waals surface area contributed by atoms with Crippen LogP contribution in [0.2, 0.25) is 0 Å². The van der Waals surface area contributed by atoms with Gasteiger partial charge in [-0.1, -0.05) is 12.2 Å². The quantitative estimate of drug-likeness (QED) is 0.673. The third kappa shape index (κ3) is 1.77. The van der Waals surface area contributed by atoms with Gasteiger partial charge in [-0.3, -0.25) is 4.68 Å². The predicted molar refractivity (Wildman–Crippen MR) is 48.5 cm³/mol. The van der Waals surface area contributed by atoms with Crippen LogP contribution in [0.15, 0.2) is 12.4 Å². The molecule has 0 saturated carbocycles. The number of thiocarbonyl (C=S) groups is 1. The minimum absolute atomic E-state index is 0.0127. The summed E-state index contributed by atoms with van der Waals surface area (Å²) >= 11 is 4.83. The molecule has 1 unspecified atom stereocenters. The second-order valence-corrected chi connectivity index (χ2v) is 3.05. The van der Waals surface area contributed by atoms with Gasteiger partial charge in [-0.25, -0.2) is 0 Å². The van der Waals surface area contributed by atoms with Gasteiger partial charge in [0.25, 0.3) is 0 Å². The van der Waals surface area contributed by atoms with Crippen molar-refractivity contribution in [2.24, 2.45) is 5.73 Å². The summed E-state index contributed by atoms with van der Waals surface area (Å²) in [6.45, 7) is 3.91. The Bertz CT molecular complexity index is 266. The van der Waals surface area contributed by atoms with Gasteiger partial charge in [0.05, 0.1) is 17.2 Å². The average molecular weight is 169 g/mol. The first-order valence-electron chi connectivity index (χ1n) is 3.41. The standard InChI is InChI=1S/C7H11N3S/c1-5-3-9-10(4-5)6(2)7(8)11/h3-4,6H,1-2H3,(H2,8,11). The fourth-order valence-electron chi connectivity index (χ4n) is 0.775. The number of nitrogens with zero attached hydrogens (tertiary/aromatic N) is 2. The lowest BCUT2D eigenvalue weighted by molar-refractivity contribution is 0.610. The molecule has 0 aromatic carbocycles. The highest BCUT2D eigenvalue weighted by atomic mass is 32.1. The minimum Gasteiger partial charge on any atom is -0.392 e. The van der Waals surface area contributed by atoms with E-state index in [4.69, 9.17) is 18.0 Å². The third-order valence-corrected chi connectivity index (χ3v) is 1.88. The van der Waals surface area contributed by atoms with Crippen molar-refractivity contribution < 1.29 is 0 Å². The van der Waals surface area contributed by atoms with Crippen LogP contribution in [0.4, 0.5) is 0 Å². The van der Waals surface area contributed by atoms with Crippen molar-refractivity contribution in [3.63, 3.8) is 0 Å². The van der Waals surface area contributed by atoms with Gasteiger partial charge in [0.15, 0.2) is 0 Å². The van der Waals surface area contributed by atoms with Crippen LogP contribution in [0, 0.1) is 6.92 Å². The van der Waals surface area contributed by atoms with Gasteiger partial charge in [0, 0.05) is 6.20 Å². The summed E-state index contributed by atoms with van der Waals surface area (Å²) in [5.41, 5.74) is 6.57. The molecule has 11 heavy (non-hydrogen) atoms. The van der Waals surface area contributed by atoms with Gasteiger partial charge in [-0.2, -0.15) is 5.10 Å². The lowest BCUT2D eigenvalue weighted by Gasteiger charge is -2.08. The van der Waals surface area contributed by atoms with E-state index < -0.39 is 0 Å². The lowest BCUT2D eigenvalue weighted by atomic mass is 10.3. The maximum Gasteiger partial charge on any atom is 0.0989 e. The van der Waals surface area contributed by atoms with Crippen LogP contribution in [-0.2, 0) is 0 Å². The molecule has 0 spiro atoms. The molecule has 60 valence electrons. The summed E-state index contributed by atoms with van der Waals surface area (Å²) in [6.07, 6.45) is 3.71. The maximum absolute atomic E-state index is 5.45. The van der Waals surface area contributed by atoms with Crippen molar-refractivity contribution in [3.05, 3.63) is 18.0 Å². The van der Waals surface area contributed by atoms with Crippen molar-refractivity contribution in [1.29, 1.82) is 0 Å². The normalized spacial score (nSPS) is 12.9. The smallest absolute Gasteiger partial charge is 0.0989 e. The number of aryl methyl sites for hydroxylation is 1. The highest BCUT2D eigenvalue weighted by molar-refractivity contribution is 7.80. The van der Waals surface area contributed by atoms with Crippen LogP contribution in [0.3, 0.4) is 0 Å². The van der Waals surface area contributed by atoms with Gasteiger partial charge < -0.3 is 5.73 Å². The monoisotopic (exact) mass is 169 g/mol. The second-order valence-electron chi connectivity index (χ2n) is 2.58. The molecule has 0 amide bonds. The van der Waals surface area contributed by atoms with Gasteiger partial charge in [-0.05, 0) is 19.4 Å². The van der Waals surface area contributed by atoms with Crippen molar-refractivity contribution in [3.8, 4) is 0 Å². The van der Waals surface area contributed by atoms with E-state index in [1.54, 1.807) is 10.9 Å². The predicted octanol–water partition coefficient (Wildman–Crippen LogP) is 1.04. The van der Waals surface area contributed by atoms with E-state index >= 15 is 0 Å². The molecule has 1 atom stereocenters. The van der Waals surface area contributed by atoms with Crippen molar-refractivity contribution in [2.75, 3.05) is 0 Å². The van der Waals surface area contributed by atoms with Gasteiger partial charge in [-0.15, -0.1) is 0 Å². The first kappa shape index (κ1) is 8.20. The summed E-state index contributed by atoms with van der Waals surface area (Å²) in [7, 11) is 0. The summed E-state index contributed by atoms with van der Waals surface area (Å²) in [6, 6.07) is 0.0127. The lowest BCUT2D eigenvalue weighted by Crippen LogP contribution is -2.22. The first-order chi connectivity index (χ1) is 5.11. The molecule has 1 aromatic rings. The van der Waals surface area contributed by atoms with Gasteiger partial charge in [0.1, 0.15) is 0 Å². The van der Waals surface area contributed by atoms with Crippen molar-refractivity contribution in [1.82, 2.24) is 9.78 Å². The average Bonchev–Trinajstić information content (AvgIpc) is 2.34. The Kier molecular flexibility index (Phi) is 2.24. The van der Waals surface area contributed by atoms with E-state index in [1.807, 2.05) is 20.0 Å². The molecule has 0 bridgehead atoms. The second kappa shape index (κ2) is 3.00. The van der Waals surface area contributed by atoms with Crippen LogP contribution in [0.25, 0.3) is 0 Å². The molecule has 4 heteroatoms. The highest BCUT2D eigenvalue weighted by Gasteiger charge is 2.06. The number of nitrogens with two attached hydrogens (primary N) is 1. The molecule has 0 aliphatic heterocycles. The molecule has 3 nitrogen and oxygen atoms in total. The zero-order chi connectivity index (χ0) is 8.43. The molecule has 0 aliphatic rings. The van der Waals surface area contributed by atoms with Gasteiger partial charge >= 0.3 is 0 Å². The number of rotatable bonds is 2. The fourth-order valence-corrected chi connectivity index (χ4v) is 0.883. The van der Waals surface area contributed by atoms with Crippen LogP contribution in [0.1, 0.15) is 18.5 Å². The largest absolute Gasteiger partial charge is 0.392 e. The molecule has 2 N–H and O–H groups in total. The molecule has 0 aliphatic carbocycles. The molecule has 0 saturated heterocycles. The summed E-state index contributed by atoms with van der Waals surface area (Å²) in [5, 5.41) is 4.09. The molecule has 1 rings (SSSR count). The van der Waals surface area contributed by atoms with E-state index in [9.17, 15) is 0 Å². The Balaban J connectivity index is 2.84. The Morgan fingerprint density at radius 1 is 1.82 bits per heavy atom. The minimum atomic E-state index is 0.0127. The van der Waals surface area contributed by atoms with E-state index in [0.29, 0.717) is 4.99 Å². The zero-order valence-electron chi connectivity index (χ0n) is 6.61. The number of hydrogen-bond donors (Lipinski definition) is 1. The summed E-state index contributed by atoms with van der Waals surface area (Å²) in [4.78, 5) is 0.466. The van der Waals surface area contributed by atoms with Crippen LogP contribution in [-0.4, -0.2) is 14.8 Å². The Morgan fingerprint density at radius 3 is 2.82 bits per heavy atom. The van der Waals surface area contributed by atoms with Crippen molar-refractivity contribution >= 4 is 17.2 Å². The van der Waals surface area contributed by atoms with E-state index in [2.05, 4.69) is 5.10 Å². The zero-order valence-corrected chi connectivity index (χ0v) is 7.43. The Morgan fingerprint density at radius 2 is 2.45 bits per heavy atom. The Hall–Kier alpha value is -0.900. The SMILES string of the molecule is Cc1cnn(C(C)C(N)=S)c1. The van der Waals surface area contributed by atoms with Crippen molar-refractivity contribution in [2.45, 2.75) is 19.9 Å². The van der Waals surface area contributed by atoms with Crippen LogP contribution >= 0.6 is 12.2 Å². The topological polar surface area (TPSA) is 43.8 Å².